The van der Waals surface area contributed by atoms with Crippen LogP contribution in [0.3, 0.4) is 0 Å². The zero-order chi connectivity index (χ0) is 24.6. The molecule has 0 amide bonds. The van der Waals surface area contributed by atoms with Crippen molar-refractivity contribution >= 4 is 31.5 Å². The van der Waals surface area contributed by atoms with E-state index in [9.17, 15) is 0 Å². The summed E-state index contributed by atoms with van der Waals surface area (Å²) < 4.78 is 2.62. The molecule has 0 aliphatic carbocycles. The van der Waals surface area contributed by atoms with E-state index in [2.05, 4.69) is 96.0 Å². The van der Waals surface area contributed by atoms with Crippen molar-refractivity contribution in [1.82, 2.24) is 15.0 Å². The van der Waals surface area contributed by atoms with E-state index in [1.54, 1.807) is 6.20 Å². The summed E-state index contributed by atoms with van der Waals surface area (Å²) in [5, 5.41) is 2.59. The topological polar surface area (TPSA) is 38.7 Å². The average Bonchev–Trinajstić information content (AvgIpc) is 3.36. The number of benzene rings is 3. The summed E-state index contributed by atoms with van der Waals surface area (Å²) in [6.45, 7) is 0. The standard InChI is InChI=1S/C33H21N3S/c1-2-8-22(9-3-1)25-19-30(28-11-6-7-17-34-28)36-31(20-25)29-15-13-24(21-35-29)23-14-16-33-27(18-23)26-10-4-5-12-32(26)37-33/h1-21H. The molecule has 0 aliphatic heterocycles. The van der Waals surface area contributed by atoms with Gasteiger partial charge < -0.3 is 0 Å². The van der Waals surface area contributed by atoms with Crippen molar-refractivity contribution in [1.29, 1.82) is 0 Å². The lowest BCUT2D eigenvalue weighted by molar-refractivity contribution is 1.22. The molecule has 0 atom stereocenters. The van der Waals surface area contributed by atoms with E-state index in [0.29, 0.717) is 0 Å². The highest BCUT2D eigenvalue weighted by Gasteiger charge is 2.12. The maximum absolute atomic E-state index is 4.95. The molecule has 0 saturated heterocycles. The Bertz CT molecular complexity index is 1800. The van der Waals surface area contributed by atoms with Crippen molar-refractivity contribution in [3.63, 3.8) is 0 Å². The van der Waals surface area contributed by atoms with Gasteiger partial charge in [-0.1, -0.05) is 66.7 Å². The van der Waals surface area contributed by atoms with Crippen LogP contribution in [0.1, 0.15) is 0 Å². The Hall–Kier alpha value is -4.67. The number of pyridine rings is 3. The van der Waals surface area contributed by atoms with Crippen LogP contribution < -0.4 is 0 Å². The molecule has 0 N–H and O–H groups in total. The number of thiophene rings is 1. The first kappa shape index (κ1) is 21.6. The molecule has 0 aliphatic rings. The van der Waals surface area contributed by atoms with Gasteiger partial charge in [-0.2, -0.15) is 0 Å². The highest BCUT2D eigenvalue weighted by atomic mass is 32.1. The Labute approximate surface area is 218 Å². The second-order valence-corrected chi connectivity index (χ2v) is 10.0. The summed E-state index contributed by atoms with van der Waals surface area (Å²) >= 11 is 1.84. The van der Waals surface area contributed by atoms with Crippen molar-refractivity contribution in [3.05, 3.63) is 128 Å². The van der Waals surface area contributed by atoms with Gasteiger partial charge in [-0.15, -0.1) is 11.3 Å². The number of hydrogen-bond donors (Lipinski definition) is 0. The first-order chi connectivity index (χ1) is 18.3. The normalized spacial score (nSPS) is 11.2. The number of aromatic nitrogens is 3. The Morgan fingerprint density at radius 2 is 1.16 bits per heavy atom. The van der Waals surface area contributed by atoms with E-state index < -0.39 is 0 Å². The van der Waals surface area contributed by atoms with Crippen LogP contribution in [0.2, 0.25) is 0 Å². The van der Waals surface area contributed by atoms with Crippen LogP contribution in [0.5, 0.6) is 0 Å². The Morgan fingerprint density at radius 1 is 0.432 bits per heavy atom. The van der Waals surface area contributed by atoms with Gasteiger partial charge in [0.25, 0.3) is 0 Å². The maximum Gasteiger partial charge on any atom is 0.0900 e. The van der Waals surface area contributed by atoms with Gasteiger partial charge in [0.05, 0.1) is 22.8 Å². The third-order valence-electron chi connectivity index (χ3n) is 6.60. The molecule has 4 aromatic heterocycles. The first-order valence-corrected chi connectivity index (χ1v) is 13.0. The second-order valence-electron chi connectivity index (χ2n) is 8.95. The van der Waals surface area contributed by atoms with Gasteiger partial charge >= 0.3 is 0 Å². The van der Waals surface area contributed by atoms with Crippen molar-refractivity contribution in [3.8, 4) is 45.0 Å². The average molecular weight is 492 g/mol. The minimum absolute atomic E-state index is 0.827. The molecule has 4 heteroatoms. The smallest absolute Gasteiger partial charge is 0.0900 e. The monoisotopic (exact) mass is 491 g/mol. The molecule has 174 valence electrons. The van der Waals surface area contributed by atoms with E-state index >= 15 is 0 Å². The summed E-state index contributed by atoms with van der Waals surface area (Å²) in [7, 11) is 0. The van der Waals surface area contributed by atoms with E-state index in [1.165, 1.54) is 20.2 Å². The fourth-order valence-corrected chi connectivity index (χ4v) is 5.81. The molecule has 0 bridgehead atoms. The molecule has 4 heterocycles. The largest absolute Gasteiger partial charge is 0.255 e. The summed E-state index contributed by atoms with van der Waals surface area (Å²) in [5.41, 5.74) is 7.81. The van der Waals surface area contributed by atoms with Crippen molar-refractivity contribution in [2.75, 3.05) is 0 Å². The molecule has 0 fully saturated rings. The predicted molar refractivity (Wildman–Crippen MR) is 154 cm³/mol. The van der Waals surface area contributed by atoms with Crippen LogP contribution in [-0.4, -0.2) is 15.0 Å². The second kappa shape index (κ2) is 9.08. The van der Waals surface area contributed by atoms with Crippen LogP contribution >= 0.6 is 11.3 Å². The minimum Gasteiger partial charge on any atom is -0.255 e. The van der Waals surface area contributed by atoms with Crippen LogP contribution in [0.15, 0.2) is 128 Å². The molecule has 0 saturated carbocycles. The van der Waals surface area contributed by atoms with Crippen LogP contribution in [0.4, 0.5) is 0 Å². The molecule has 0 unspecified atom stereocenters. The first-order valence-electron chi connectivity index (χ1n) is 12.2. The minimum atomic E-state index is 0.827. The number of hydrogen-bond acceptors (Lipinski definition) is 4. The molecule has 3 aromatic carbocycles. The third-order valence-corrected chi connectivity index (χ3v) is 7.75. The predicted octanol–water partition coefficient (Wildman–Crippen LogP) is 8.91. The van der Waals surface area contributed by atoms with E-state index in [0.717, 1.165) is 45.0 Å². The number of fused-ring (bicyclic) bond motifs is 3. The Morgan fingerprint density at radius 3 is 1.95 bits per heavy atom. The van der Waals surface area contributed by atoms with Crippen LogP contribution in [-0.2, 0) is 0 Å². The fraction of sp³-hybridized carbons (Fsp3) is 0. The number of rotatable bonds is 4. The maximum atomic E-state index is 4.95. The SMILES string of the molecule is c1ccc(-c2cc(-c3ccccn3)nc(-c3ccc(-c4ccc5sc6ccccc6c5c4)cn3)c2)cc1. The van der Waals surface area contributed by atoms with Gasteiger partial charge in [0.1, 0.15) is 0 Å². The summed E-state index contributed by atoms with van der Waals surface area (Å²) in [4.78, 5) is 14.3. The van der Waals surface area contributed by atoms with Crippen molar-refractivity contribution in [2.45, 2.75) is 0 Å². The lowest BCUT2D eigenvalue weighted by Crippen LogP contribution is -1.94. The van der Waals surface area contributed by atoms with E-state index in [4.69, 9.17) is 9.97 Å². The highest BCUT2D eigenvalue weighted by molar-refractivity contribution is 7.25. The fourth-order valence-electron chi connectivity index (χ4n) is 4.73. The zero-order valence-electron chi connectivity index (χ0n) is 19.9. The van der Waals surface area contributed by atoms with Gasteiger partial charge in [0.2, 0.25) is 0 Å². The van der Waals surface area contributed by atoms with Gasteiger partial charge in [-0.3, -0.25) is 9.97 Å². The molecule has 7 aromatic rings. The van der Waals surface area contributed by atoms with Gasteiger partial charge in [0.15, 0.2) is 0 Å². The molecular formula is C33H21N3S. The zero-order valence-corrected chi connectivity index (χ0v) is 20.7. The van der Waals surface area contributed by atoms with E-state index in [1.807, 2.05) is 41.8 Å². The molecule has 0 spiro atoms. The molecule has 0 radical (unpaired) electrons. The van der Waals surface area contributed by atoms with E-state index in [-0.39, 0.29) is 0 Å². The lowest BCUT2D eigenvalue weighted by Gasteiger charge is -2.10. The third kappa shape index (κ3) is 4.07. The van der Waals surface area contributed by atoms with Crippen LogP contribution in [0.25, 0.3) is 65.2 Å². The molecule has 37 heavy (non-hydrogen) atoms. The molecule has 7 rings (SSSR count). The highest BCUT2D eigenvalue weighted by Crippen LogP contribution is 2.36. The summed E-state index contributed by atoms with van der Waals surface area (Å²) in [5.74, 6) is 0. The van der Waals surface area contributed by atoms with Gasteiger partial charge in [-0.25, -0.2) is 4.98 Å². The Balaban J connectivity index is 1.30. The molecular weight excluding hydrogens is 470 g/mol. The summed E-state index contributed by atoms with van der Waals surface area (Å²) in [6, 6.07) is 39.9. The van der Waals surface area contributed by atoms with Crippen molar-refractivity contribution in [2.24, 2.45) is 0 Å². The van der Waals surface area contributed by atoms with Crippen molar-refractivity contribution < 1.29 is 0 Å². The summed E-state index contributed by atoms with van der Waals surface area (Å²) in [6.07, 6.45) is 3.74. The molecule has 3 nitrogen and oxygen atoms in total. The lowest BCUT2D eigenvalue weighted by atomic mass is 10.0. The van der Waals surface area contributed by atoms with Gasteiger partial charge in [0, 0.05) is 38.1 Å². The Kier molecular flexibility index (Phi) is 5.30. The number of nitrogens with zero attached hydrogens (tertiary/aromatic N) is 3. The van der Waals surface area contributed by atoms with Gasteiger partial charge in [-0.05, 0) is 65.2 Å². The van der Waals surface area contributed by atoms with Crippen LogP contribution in [0, 0.1) is 0 Å². The quantitative estimate of drug-likeness (QED) is 0.247.